The summed E-state index contributed by atoms with van der Waals surface area (Å²) in [6.07, 6.45) is 1.69. The Labute approximate surface area is 136 Å². The van der Waals surface area contributed by atoms with Gasteiger partial charge in [0.25, 0.3) is 5.91 Å². The van der Waals surface area contributed by atoms with Crippen LogP contribution in [0.15, 0.2) is 41.0 Å². The molecule has 0 spiro atoms. The van der Waals surface area contributed by atoms with Crippen LogP contribution in [0.4, 0.5) is 0 Å². The predicted octanol–water partition coefficient (Wildman–Crippen LogP) is 2.78. The maximum absolute atomic E-state index is 12.2. The van der Waals surface area contributed by atoms with Gasteiger partial charge in [-0.1, -0.05) is 34.1 Å². The van der Waals surface area contributed by atoms with E-state index in [0.717, 1.165) is 0 Å². The Morgan fingerprint density at radius 2 is 1.95 bits per heavy atom. The van der Waals surface area contributed by atoms with Crippen LogP contribution in [-0.2, 0) is 4.79 Å². The number of rotatable bonds is 5. The highest BCUT2D eigenvalue weighted by Crippen LogP contribution is 2.23. The van der Waals surface area contributed by atoms with Crippen molar-refractivity contribution in [2.24, 2.45) is 0 Å². The molecular weight excluding hydrogens is 350 g/mol. The molecule has 0 bridgehead atoms. The third-order valence-corrected chi connectivity index (χ3v) is 3.83. The topological polar surface area (TPSA) is 84.2 Å². The zero-order valence-electron chi connectivity index (χ0n) is 12.2. The minimum Gasteiger partial charge on any atom is -0.479 e. The molecule has 2 aromatic rings. The molecule has 0 aliphatic carbocycles. The van der Waals surface area contributed by atoms with Gasteiger partial charge in [0.15, 0.2) is 6.04 Å². The summed E-state index contributed by atoms with van der Waals surface area (Å²) in [5.41, 5.74) is 0.665. The number of carboxylic acid groups (broad SMARTS) is 1. The minimum absolute atomic E-state index is 0.125. The van der Waals surface area contributed by atoms with Crippen molar-refractivity contribution >= 4 is 27.8 Å². The van der Waals surface area contributed by atoms with Crippen LogP contribution in [0.25, 0.3) is 0 Å². The predicted molar refractivity (Wildman–Crippen MR) is 84.6 cm³/mol. The van der Waals surface area contributed by atoms with Crippen molar-refractivity contribution in [2.45, 2.75) is 25.9 Å². The first kappa shape index (κ1) is 16.2. The summed E-state index contributed by atoms with van der Waals surface area (Å²) in [6.45, 7) is 3.88. The molecule has 2 N–H and O–H groups in total. The van der Waals surface area contributed by atoms with Crippen molar-refractivity contribution in [1.29, 1.82) is 0 Å². The molecule has 0 fully saturated rings. The Balaban J connectivity index is 2.23. The first-order valence-electron chi connectivity index (χ1n) is 6.73. The van der Waals surface area contributed by atoms with Gasteiger partial charge in [0, 0.05) is 16.7 Å². The standard InChI is InChI=1S/C15H16BrN3O3/c1-9(2)19-8-7-12(18-19)14(20)17-13(15(21)22)10-5-3-4-6-11(10)16/h3-9,13H,1-2H3,(H,17,20)(H,21,22). The lowest BCUT2D eigenvalue weighted by atomic mass is 10.1. The summed E-state index contributed by atoms with van der Waals surface area (Å²) in [7, 11) is 0. The second kappa shape index (κ2) is 6.74. The van der Waals surface area contributed by atoms with Gasteiger partial charge >= 0.3 is 5.97 Å². The number of aromatic nitrogens is 2. The molecule has 7 heteroatoms. The summed E-state index contributed by atoms with van der Waals surface area (Å²) in [5, 5.41) is 16.0. The van der Waals surface area contributed by atoms with Crippen LogP contribution < -0.4 is 5.32 Å². The highest BCUT2D eigenvalue weighted by atomic mass is 79.9. The van der Waals surface area contributed by atoms with Gasteiger partial charge in [0.05, 0.1) is 0 Å². The molecule has 1 heterocycles. The quantitative estimate of drug-likeness (QED) is 0.852. The van der Waals surface area contributed by atoms with Gasteiger partial charge in [-0.25, -0.2) is 4.79 Å². The largest absolute Gasteiger partial charge is 0.479 e. The highest BCUT2D eigenvalue weighted by molar-refractivity contribution is 9.10. The van der Waals surface area contributed by atoms with Crippen LogP contribution >= 0.6 is 15.9 Å². The van der Waals surface area contributed by atoms with E-state index in [0.29, 0.717) is 10.0 Å². The Kier molecular flexibility index (Phi) is 4.97. The number of aliphatic carboxylic acids is 1. The molecule has 1 atom stereocenters. The van der Waals surface area contributed by atoms with Gasteiger partial charge < -0.3 is 10.4 Å². The van der Waals surface area contributed by atoms with Crippen LogP contribution in [0, 0.1) is 0 Å². The molecular formula is C15H16BrN3O3. The van der Waals surface area contributed by atoms with E-state index in [9.17, 15) is 14.7 Å². The molecule has 0 aliphatic rings. The van der Waals surface area contributed by atoms with Crippen LogP contribution in [-0.4, -0.2) is 26.8 Å². The highest BCUT2D eigenvalue weighted by Gasteiger charge is 2.25. The number of halogens is 1. The van der Waals surface area contributed by atoms with E-state index < -0.39 is 17.9 Å². The number of carboxylic acids is 1. The van der Waals surface area contributed by atoms with E-state index in [2.05, 4.69) is 26.3 Å². The van der Waals surface area contributed by atoms with E-state index in [-0.39, 0.29) is 11.7 Å². The molecule has 1 amide bonds. The zero-order chi connectivity index (χ0) is 16.3. The first-order valence-corrected chi connectivity index (χ1v) is 7.52. The number of hydrogen-bond donors (Lipinski definition) is 2. The SMILES string of the molecule is CC(C)n1ccc(C(=O)NC(C(=O)O)c2ccccc2Br)n1. The van der Waals surface area contributed by atoms with E-state index >= 15 is 0 Å². The molecule has 0 aliphatic heterocycles. The molecule has 116 valence electrons. The van der Waals surface area contributed by atoms with Crippen molar-refractivity contribution in [3.63, 3.8) is 0 Å². The summed E-state index contributed by atoms with van der Waals surface area (Å²) in [6, 6.07) is 7.41. The van der Waals surface area contributed by atoms with E-state index in [1.54, 1.807) is 41.2 Å². The fraction of sp³-hybridized carbons (Fsp3) is 0.267. The smallest absolute Gasteiger partial charge is 0.330 e. The number of benzene rings is 1. The lowest BCUT2D eigenvalue weighted by molar-refractivity contribution is -0.139. The van der Waals surface area contributed by atoms with Crippen LogP contribution in [0.5, 0.6) is 0 Å². The molecule has 1 aromatic heterocycles. The molecule has 0 saturated heterocycles. The minimum atomic E-state index is -1.15. The lowest BCUT2D eigenvalue weighted by Crippen LogP contribution is -2.34. The van der Waals surface area contributed by atoms with E-state index in [1.165, 1.54) is 0 Å². The second-order valence-corrected chi connectivity index (χ2v) is 5.90. The zero-order valence-corrected chi connectivity index (χ0v) is 13.7. The number of carbonyl (C=O) groups is 2. The van der Waals surface area contributed by atoms with Crippen molar-refractivity contribution < 1.29 is 14.7 Å². The van der Waals surface area contributed by atoms with Crippen molar-refractivity contribution in [2.75, 3.05) is 0 Å². The molecule has 6 nitrogen and oxygen atoms in total. The summed E-state index contributed by atoms with van der Waals surface area (Å²) >= 11 is 3.30. The van der Waals surface area contributed by atoms with Gasteiger partial charge in [-0.2, -0.15) is 5.10 Å². The fourth-order valence-electron chi connectivity index (χ4n) is 1.93. The molecule has 0 saturated carbocycles. The molecule has 22 heavy (non-hydrogen) atoms. The van der Waals surface area contributed by atoms with Crippen molar-refractivity contribution in [3.8, 4) is 0 Å². The molecule has 1 unspecified atom stereocenters. The number of nitrogens with one attached hydrogen (secondary N) is 1. The van der Waals surface area contributed by atoms with Gasteiger partial charge in [-0.15, -0.1) is 0 Å². The Morgan fingerprint density at radius 1 is 1.27 bits per heavy atom. The Morgan fingerprint density at radius 3 is 2.50 bits per heavy atom. The van der Waals surface area contributed by atoms with Crippen LogP contribution in [0.1, 0.15) is 42.0 Å². The molecule has 1 aromatic carbocycles. The van der Waals surface area contributed by atoms with Crippen molar-refractivity contribution in [1.82, 2.24) is 15.1 Å². The maximum Gasteiger partial charge on any atom is 0.330 e. The van der Waals surface area contributed by atoms with Crippen LogP contribution in [0.2, 0.25) is 0 Å². The lowest BCUT2D eigenvalue weighted by Gasteiger charge is -2.15. The monoisotopic (exact) mass is 365 g/mol. The Bertz CT molecular complexity index is 697. The van der Waals surface area contributed by atoms with Crippen LogP contribution in [0.3, 0.4) is 0 Å². The van der Waals surface area contributed by atoms with Gasteiger partial charge in [-0.05, 0) is 31.5 Å². The first-order chi connectivity index (χ1) is 10.4. The number of hydrogen-bond acceptors (Lipinski definition) is 3. The second-order valence-electron chi connectivity index (χ2n) is 5.04. The normalized spacial score (nSPS) is 12.2. The average molecular weight is 366 g/mol. The van der Waals surface area contributed by atoms with Crippen molar-refractivity contribution in [3.05, 3.63) is 52.3 Å². The van der Waals surface area contributed by atoms with Gasteiger partial charge in [0.1, 0.15) is 5.69 Å². The third kappa shape index (κ3) is 3.54. The number of carbonyl (C=O) groups excluding carboxylic acids is 1. The maximum atomic E-state index is 12.2. The summed E-state index contributed by atoms with van der Waals surface area (Å²) < 4.78 is 2.26. The van der Waals surface area contributed by atoms with Gasteiger partial charge in [0.2, 0.25) is 0 Å². The number of nitrogens with zero attached hydrogens (tertiary/aromatic N) is 2. The van der Waals surface area contributed by atoms with E-state index in [1.807, 2.05) is 13.8 Å². The summed E-state index contributed by atoms with van der Waals surface area (Å²) in [5.74, 6) is -1.66. The molecule has 2 rings (SSSR count). The van der Waals surface area contributed by atoms with Gasteiger partial charge in [-0.3, -0.25) is 9.48 Å². The summed E-state index contributed by atoms with van der Waals surface area (Å²) in [4.78, 5) is 23.7. The van der Waals surface area contributed by atoms with E-state index in [4.69, 9.17) is 0 Å². The number of amides is 1. The molecule has 0 radical (unpaired) electrons. The fourth-order valence-corrected chi connectivity index (χ4v) is 2.45. The third-order valence-electron chi connectivity index (χ3n) is 3.11. The Hall–Kier alpha value is -2.15. The average Bonchev–Trinajstić information content (AvgIpc) is 2.95.